The lowest BCUT2D eigenvalue weighted by atomic mass is 10.0. The molecule has 136 valence electrons. The van der Waals surface area contributed by atoms with Crippen molar-refractivity contribution in [3.8, 4) is 5.75 Å². The monoisotopic (exact) mass is 436 g/mol. The van der Waals surface area contributed by atoms with E-state index in [2.05, 4.69) is 21.2 Å². The van der Waals surface area contributed by atoms with Crippen LogP contribution in [-0.4, -0.2) is 24.0 Å². The zero-order valence-electron chi connectivity index (χ0n) is 14.4. The number of hydrogen-bond donors (Lipinski definition) is 1. The number of benzene rings is 2. The Morgan fingerprint density at radius 3 is 2.73 bits per heavy atom. The van der Waals surface area contributed by atoms with Gasteiger partial charge in [0.1, 0.15) is 5.75 Å². The Kier molecular flexibility index (Phi) is 5.25. The van der Waals surface area contributed by atoms with Crippen LogP contribution in [0.1, 0.15) is 20.3 Å². The molecule has 0 saturated heterocycles. The fourth-order valence-corrected chi connectivity index (χ4v) is 3.30. The average molecular weight is 438 g/mol. The van der Waals surface area contributed by atoms with Crippen LogP contribution in [-0.2, 0) is 9.59 Å². The Balaban J connectivity index is 1.76. The molecule has 0 radical (unpaired) electrons. The molecule has 1 aliphatic heterocycles. The number of carbonyl (C=O) groups is 2. The minimum atomic E-state index is -1.00. The summed E-state index contributed by atoms with van der Waals surface area (Å²) in [5, 5.41) is 3.34. The molecule has 0 unspecified atom stereocenters. The molecule has 26 heavy (non-hydrogen) atoms. The first kappa shape index (κ1) is 18.7. The number of hydrogen-bond acceptors (Lipinski definition) is 3. The number of nitrogens with one attached hydrogen (secondary N) is 1. The van der Waals surface area contributed by atoms with Crippen molar-refractivity contribution in [2.24, 2.45) is 0 Å². The minimum Gasteiger partial charge on any atom is -0.476 e. The summed E-state index contributed by atoms with van der Waals surface area (Å²) in [4.78, 5) is 26.7. The number of rotatable bonds is 4. The van der Waals surface area contributed by atoms with Gasteiger partial charge in [0, 0.05) is 22.5 Å². The average Bonchev–Trinajstić information content (AvgIpc) is 2.58. The van der Waals surface area contributed by atoms with Gasteiger partial charge < -0.3 is 15.0 Å². The van der Waals surface area contributed by atoms with Crippen LogP contribution in [0.15, 0.2) is 46.9 Å². The van der Waals surface area contributed by atoms with Crippen LogP contribution in [0.5, 0.6) is 5.75 Å². The minimum absolute atomic E-state index is 0.148. The number of halogens is 2. The van der Waals surface area contributed by atoms with Crippen molar-refractivity contribution in [2.75, 3.05) is 16.8 Å². The number of ether oxygens (including phenoxy) is 1. The molecule has 1 heterocycles. The first-order valence-corrected chi connectivity index (χ1v) is 9.30. The summed E-state index contributed by atoms with van der Waals surface area (Å²) in [6, 6.07) is 12.5. The van der Waals surface area contributed by atoms with Gasteiger partial charge >= 0.3 is 0 Å². The van der Waals surface area contributed by atoms with Gasteiger partial charge in [-0.2, -0.15) is 0 Å². The van der Waals surface area contributed by atoms with Crippen molar-refractivity contribution in [1.82, 2.24) is 0 Å². The highest BCUT2D eigenvalue weighted by Gasteiger charge is 2.40. The fraction of sp³-hybridized carbons (Fsp3) is 0.263. The predicted octanol–water partition coefficient (Wildman–Crippen LogP) is 4.64. The molecule has 0 saturated carbocycles. The molecule has 2 amide bonds. The maximum atomic E-state index is 12.8. The summed E-state index contributed by atoms with van der Waals surface area (Å²) in [5.41, 5.74) is 0.268. The number of nitrogens with zero attached hydrogens (tertiary/aromatic N) is 1. The third kappa shape index (κ3) is 3.86. The normalized spacial score (nSPS) is 15.2. The van der Waals surface area contributed by atoms with E-state index in [1.165, 1.54) is 0 Å². The van der Waals surface area contributed by atoms with Crippen molar-refractivity contribution < 1.29 is 14.3 Å². The van der Waals surface area contributed by atoms with Gasteiger partial charge in [-0.05, 0) is 60.1 Å². The zero-order valence-corrected chi connectivity index (χ0v) is 16.7. The number of carbonyl (C=O) groups excluding carboxylic acids is 2. The fourth-order valence-electron chi connectivity index (χ4n) is 2.75. The van der Waals surface area contributed by atoms with Crippen molar-refractivity contribution in [2.45, 2.75) is 25.9 Å². The predicted molar refractivity (Wildman–Crippen MR) is 106 cm³/mol. The standard InChI is InChI=1S/C19H18BrClN2O3/c1-19(2)18(25)23(15-11-12(21)7-8-16(15)26-19)10-9-17(24)22-14-6-4-3-5-13(14)20/h3-8,11H,9-10H2,1-2H3,(H,22,24). The molecular formula is C19H18BrClN2O3. The van der Waals surface area contributed by atoms with E-state index in [4.69, 9.17) is 16.3 Å². The van der Waals surface area contributed by atoms with Crippen LogP contribution in [0.4, 0.5) is 11.4 Å². The van der Waals surface area contributed by atoms with Gasteiger partial charge in [0.15, 0.2) is 5.60 Å². The van der Waals surface area contributed by atoms with Gasteiger partial charge in [-0.1, -0.05) is 23.7 Å². The highest BCUT2D eigenvalue weighted by molar-refractivity contribution is 9.10. The zero-order chi connectivity index (χ0) is 18.9. The van der Waals surface area contributed by atoms with Crippen LogP contribution >= 0.6 is 27.5 Å². The van der Waals surface area contributed by atoms with Gasteiger partial charge in [0.05, 0.1) is 11.4 Å². The Morgan fingerprint density at radius 2 is 2.00 bits per heavy atom. The van der Waals surface area contributed by atoms with Crippen LogP contribution in [0.25, 0.3) is 0 Å². The lowest BCUT2D eigenvalue weighted by Crippen LogP contribution is -2.53. The molecule has 0 spiro atoms. The van der Waals surface area contributed by atoms with E-state index in [0.29, 0.717) is 22.1 Å². The topological polar surface area (TPSA) is 58.6 Å². The molecule has 0 aliphatic carbocycles. The van der Waals surface area contributed by atoms with E-state index < -0.39 is 5.60 Å². The van der Waals surface area contributed by atoms with Gasteiger partial charge in [0.2, 0.25) is 5.91 Å². The number of amides is 2. The van der Waals surface area contributed by atoms with E-state index in [1.54, 1.807) is 43.0 Å². The maximum absolute atomic E-state index is 12.8. The highest BCUT2D eigenvalue weighted by atomic mass is 79.9. The maximum Gasteiger partial charge on any atom is 0.270 e. The first-order chi connectivity index (χ1) is 12.3. The molecule has 2 aromatic carbocycles. The first-order valence-electron chi connectivity index (χ1n) is 8.13. The van der Waals surface area contributed by atoms with Gasteiger partial charge in [-0.25, -0.2) is 0 Å². The van der Waals surface area contributed by atoms with Crippen molar-refractivity contribution >= 4 is 50.7 Å². The second-order valence-corrected chi connectivity index (χ2v) is 7.75. The van der Waals surface area contributed by atoms with Crippen molar-refractivity contribution in [3.63, 3.8) is 0 Å². The molecule has 1 N–H and O–H groups in total. The summed E-state index contributed by atoms with van der Waals surface area (Å²) in [6.45, 7) is 3.65. The van der Waals surface area contributed by atoms with E-state index in [-0.39, 0.29) is 24.8 Å². The van der Waals surface area contributed by atoms with Gasteiger partial charge in [-0.15, -0.1) is 0 Å². The molecule has 5 nitrogen and oxygen atoms in total. The summed E-state index contributed by atoms with van der Waals surface area (Å²) in [5.74, 6) is 0.184. The van der Waals surface area contributed by atoms with Crippen molar-refractivity contribution in [3.05, 3.63) is 52.0 Å². The highest BCUT2D eigenvalue weighted by Crippen LogP contribution is 2.39. The summed E-state index contributed by atoms with van der Waals surface area (Å²) in [6.07, 6.45) is 0.148. The molecule has 2 aromatic rings. The van der Waals surface area contributed by atoms with Gasteiger partial charge in [-0.3, -0.25) is 9.59 Å². The Labute approximate surface area is 165 Å². The van der Waals surface area contributed by atoms with E-state index in [9.17, 15) is 9.59 Å². The Hall–Kier alpha value is -2.05. The smallest absolute Gasteiger partial charge is 0.270 e. The largest absolute Gasteiger partial charge is 0.476 e. The Bertz CT molecular complexity index is 870. The SMILES string of the molecule is CC1(C)Oc2ccc(Cl)cc2N(CCC(=O)Nc2ccccc2Br)C1=O. The third-order valence-corrected chi connectivity index (χ3v) is 4.97. The lowest BCUT2D eigenvalue weighted by molar-refractivity contribution is -0.132. The molecule has 7 heteroatoms. The number of para-hydroxylation sites is 1. The molecule has 3 rings (SSSR count). The summed E-state index contributed by atoms with van der Waals surface area (Å²) >= 11 is 9.47. The second kappa shape index (κ2) is 7.29. The quantitative estimate of drug-likeness (QED) is 0.758. The van der Waals surface area contributed by atoms with E-state index in [0.717, 1.165) is 4.47 Å². The number of anilines is 2. The summed E-state index contributed by atoms with van der Waals surface area (Å²) < 4.78 is 6.58. The number of fused-ring (bicyclic) bond motifs is 1. The van der Waals surface area contributed by atoms with Crippen LogP contribution in [0.2, 0.25) is 5.02 Å². The van der Waals surface area contributed by atoms with Crippen LogP contribution in [0.3, 0.4) is 0 Å². The lowest BCUT2D eigenvalue weighted by Gasteiger charge is -2.38. The molecule has 1 aliphatic rings. The molecule has 0 bridgehead atoms. The van der Waals surface area contributed by atoms with Crippen LogP contribution in [0, 0.1) is 0 Å². The molecule has 0 atom stereocenters. The van der Waals surface area contributed by atoms with E-state index in [1.807, 2.05) is 18.2 Å². The molecule has 0 aromatic heterocycles. The molecular weight excluding hydrogens is 420 g/mol. The van der Waals surface area contributed by atoms with E-state index >= 15 is 0 Å². The molecule has 0 fully saturated rings. The van der Waals surface area contributed by atoms with Crippen molar-refractivity contribution in [1.29, 1.82) is 0 Å². The second-order valence-electron chi connectivity index (χ2n) is 6.46. The third-order valence-electron chi connectivity index (χ3n) is 4.05. The summed E-state index contributed by atoms with van der Waals surface area (Å²) in [7, 11) is 0. The van der Waals surface area contributed by atoms with Gasteiger partial charge in [0.25, 0.3) is 5.91 Å². The van der Waals surface area contributed by atoms with Crippen LogP contribution < -0.4 is 15.0 Å². The Morgan fingerprint density at radius 1 is 1.27 bits per heavy atom.